The fraction of sp³-hybridized carbons (Fsp3) is 0.474. The Morgan fingerprint density at radius 2 is 1.76 bits per heavy atom. The van der Waals surface area contributed by atoms with Crippen molar-refractivity contribution in [2.75, 3.05) is 38.7 Å². The van der Waals surface area contributed by atoms with Crippen LogP contribution in [0, 0.1) is 5.92 Å². The van der Waals surface area contributed by atoms with Crippen LogP contribution in [0.5, 0.6) is 5.75 Å². The minimum absolute atomic E-state index is 0.173. The molecule has 2 N–H and O–H groups in total. The molecule has 2 amide bonds. The fourth-order valence-corrected chi connectivity index (χ4v) is 5.93. The van der Waals surface area contributed by atoms with Gasteiger partial charge < -0.3 is 24.8 Å². The van der Waals surface area contributed by atoms with Crippen molar-refractivity contribution in [2.45, 2.75) is 77.4 Å². The average Bonchev–Trinajstić information content (AvgIpc) is 3.06. The topological polar surface area (TPSA) is 91.3 Å². The van der Waals surface area contributed by atoms with Crippen molar-refractivity contribution in [3.63, 3.8) is 0 Å². The summed E-state index contributed by atoms with van der Waals surface area (Å²) in [5.74, 6) is -0.331. The molecule has 1 aliphatic rings. The molecule has 11 heteroatoms. The Morgan fingerprint density at radius 3 is 2.43 bits per heavy atom. The number of likely N-dealkylation sites (N-methyl/N-ethyl adjacent to an activating group) is 1. The molecule has 0 radical (unpaired) electrons. The average molecular weight is 684 g/mol. The van der Waals surface area contributed by atoms with Crippen LogP contribution in [-0.2, 0) is 28.7 Å². The molecule has 0 aliphatic carbocycles. The van der Waals surface area contributed by atoms with Crippen molar-refractivity contribution in [1.29, 1.82) is 0 Å². The molecule has 0 saturated carbocycles. The van der Waals surface area contributed by atoms with Gasteiger partial charge in [0, 0.05) is 37.8 Å². The number of rotatable bonds is 9. The molecule has 0 unspecified atom stereocenters. The summed E-state index contributed by atoms with van der Waals surface area (Å²) in [6, 6.07) is 19.1. The van der Waals surface area contributed by atoms with Gasteiger partial charge in [0.05, 0.1) is 42.4 Å². The summed E-state index contributed by atoms with van der Waals surface area (Å²) in [4.78, 5) is 30.9. The number of anilines is 1. The lowest BCUT2D eigenvalue weighted by Gasteiger charge is -2.36. The van der Waals surface area contributed by atoms with Crippen LogP contribution in [0.4, 0.5) is 18.9 Å². The highest BCUT2D eigenvalue weighted by molar-refractivity contribution is 6.00. The SMILES string of the molecule is C[C@H](CO)N1C[C@H](C)[C@@H](CN(C)Cc2ccc(C(F)(F)F)cc2)OCCCC[C@H](C)Oc2ccc(NC(=O)Cc3ccccc3)cc2C1=O. The number of halogens is 3. The molecule has 3 aromatic carbocycles. The predicted molar refractivity (Wildman–Crippen MR) is 183 cm³/mol. The maximum absolute atomic E-state index is 14.3. The zero-order chi connectivity index (χ0) is 35.6. The van der Waals surface area contributed by atoms with E-state index in [-0.39, 0.29) is 55.1 Å². The molecular formula is C38H48F3N3O5. The van der Waals surface area contributed by atoms with Crippen LogP contribution < -0.4 is 10.1 Å². The molecule has 4 atom stereocenters. The number of nitrogens with zero attached hydrogens (tertiary/aromatic N) is 2. The second-order valence-corrected chi connectivity index (χ2v) is 13.1. The maximum atomic E-state index is 14.3. The summed E-state index contributed by atoms with van der Waals surface area (Å²) >= 11 is 0. The Morgan fingerprint density at radius 1 is 1.04 bits per heavy atom. The second-order valence-electron chi connectivity index (χ2n) is 13.1. The van der Waals surface area contributed by atoms with Gasteiger partial charge in [-0.2, -0.15) is 13.2 Å². The van der Waals surface area contributed by atoms with Crippen LogP contribution in [-0.4, -0.2) is 78.3 Å². The van der Waals surface area contributed by atoms with Crippen molar-refractivity contribution in [3.05, 3.63) is 95.1 Å². The quantitative estimate of drug-likeness (QED) is 0.258. The van der Waals surface area contributed by atoms with E-state index in [1.54, 1.807) is 30.0 Å². The van der Waals surface area contributed by atoms with Gasteiger partial charge in [0.15, 0.2) is 0 Å². The Kier molecular flexibility index (Phi) is 13.6. The zero-order valence-corrected chi connectivity index (χ0v) is 28.7. The van der Waals surface area contributed by atoms with E-state index in [4.69, 9.17) is 9.47 Å². The van der Waals surface area contributed by atoms with Crippen LogP contribution in [0.2, 0.25) is 0 Å². The van der Waals surface area contributed by atoms with Gasteiger partial charge in [0.1, 0.15) is 5.75 Å². The van der Waals surface area contributed by atoms with Crippen LogP contribution >= 0.6 is 0 Å². The minimum Gasteiger partial charge on any atom is -0.490 e. The molecular weight excluding hydrogens is 635 g/mol. The third-order valence-electron chi connectivity index (χ3n) is 8.77. The highest BCUT2D eigenvalue weighted by Gasteiger charge is 2.32. The van der Waals surface area contributed by atoms with Crippen molar-refractivity contribution < 1.29 is 37.3 Å². The molecule has 1 heterocycles. The number of amides is 2. The largest absolute Gasteiger partial charge is 0.490 e. The number of carbonyl (C=O) groups excluding carboxylic acids is 2. The van der Waals surface area contributed by atoms with Gasteiger partial charge in [-0.25, -0.2) is 0 Å². The first-order valence-electron chi connectivity index (χ1n) is 16.9. The summed E-state index contributed by atoms with van der Waals surface area (Å²) in [6.07, 6.45) is -2.34. The summed E-state index contributed by atoms with van der Waals surface area (Å²) in [7, 11) is 1.89. The summed E-state index contributed by atoms with van der Waals surface area (Å²) in [5, 5.41) is 13.1. The first-order valence-corrected chi connectivity index (χ1v) is 16.9. The van der Waals surface area contributed by atoms with Crippen molar-refractivity contribution in [2.24, 2.45) is 5.92 Å². The number of aliphatic hydroxyl groups is 1. The number of ether oxygens (including phenoxy) is 2. The number of carbonyl (C=O) groups is 2. The number of nitrogens with one attached hydrogen (secondary N) is 1. The Hall–Kier alpha value is -3.93. The van der Waals surface area contributed by atoms with Crippen molar-refractivity contribution in [3.8, 4) is 5.75 Å². The molecule has 266 valence electrons. The maximum Gasteiger partial charge on any atom is 0.416 e. The van der Waals surface area contributed by atoms with Crippen LogP contribution in [0.1, 0.15) is 67.1 Å². The van der Waals surface area contributed by atoms with Gasteiger partial charge in [-0.3, -0.25) is 14.5 Å². The van der Waals surface area contributed by atoms with Gasteiger partial charge in [-0.05, 0) is 81.6 Å². The first kappa shape index (κ1) is 37.9. The van der Waals surface area contributed by atoms with Gasteiger partial charge >= 0.3 is 6.18 Å². The Bertz CT molecular complexity index is 1500. The molecule has 0 saturated heterocycles. The van der Waals surface area contributed by atoms with Crippen LogP contribution in [0.15, 0.2) is 72.8 Å². The highest BCUT2D eigenvalue weighted by atomic mass is 19.4. The van der Waals surface area contributed by atoms with E-state index >= 15 is 0 Å². The van der Waals surface area contributed by atoms with E-state index in [1.807, 2.05) is 56.1 Å². The number of alkyl halides is 3. The van der Waals surface area contributed by atoms with E-state index in [2.05, 4.69) is 5.32 Å². The van der Waals surface area contributed by atoms with Crippen molar-refractivity contribution >= 4 is 17.5 Å². The van der Waals surface area contributed by atoms with E-state index in [0.29, 0.717) is 31.1 Å². The molecule has 3 aromatic rings. The zero-order valence-electron chi connectivity index (χ0n) is 28.7. The van der Waals surface area contributed by atoms with Crippen molar-refractivity contribution in [1.82, 2.24) is 9.80 Å². The Labute approximate surface area is 287 Å². The van der Waals surface area contributed by atoms with Gasteiger partial charge in [-0.15, -0.1) is 0 Å². The number of aliphatic hydroxyl groups excluding tert-OH is 1. The van der Waals surface area contributed by atoms with Gasteiger partial charge in [0.25, 0.3) is 5.91 Å². The lowest BCUT2D eigenvalue weighted by atomic mass is 10.0. The van der Waals surface area contributed by atoms with E-state index in [9.17, 15) is 27.9 Å². The normalized spacial score (nSPS) is 20.2. The smallest absolute Gasteiger partial charge is 0.416 e. The lowest BCUT2D eigenvalue weighted by molar-refractivity contribution is -0.137. The van der Waals surface area contributed by atoms with Crippen LogP contribution in [0.3, 0.4) is 0 Å². The third kappa shape index (κ3) is 11.3. The molecule has 49 heavy (non-hydrogen) atoms. The second kappa shape index (κ2) is 17.6. The monoisotopic (exact) mass is 683 g/mol. The molecule has 1 aliphatic heterocycles. The number of fused-ring (bicyclic) bond motifs is 1. The number of benzene rings is 3. The molecule has 0 bridgehead atoms. The van der Waals surface area contributed by atoms with Gasteiger partial charge in [0.2, 0.25) is 5.91 Å². The van der Waals surface area contributed by atoms with E-state index < -0.39 is 17.8 Å². The third-order valence-corrected chi connectivity index (χ3v) is 8.77. The highest BCUT2D eigenvalue weighted by Crippen LogP contribution is 2.30. The molecule has 8 nitrogen and oxygen atoms in total. The molecule has 0 aromatic heterocycles. The lowest BCUT2D eigenvalue weighted by Crippen LogP contribution is -2.47. The number of hydrogen-bond donors (Lipinski definition) is 2. The Balaban J connectivity index is 1.56. The van der Waals surface area contributed by atoms with Gasteiger partial charge in [-0.1, -0.05) is 49.4 Å². The first-order chi connectivity index (χ1) is 23.3. The molecule has 0 fully saturated rings. The molecule has 0 spiro atoms. The predicted octanol–water partition coefficient (Wildman–Crippen LogP) is 6.81. The summed E-state index contributed by atoms with van der Waals surface area (Å²) in [5.41, 5.74) is 1.66. The number of hydrogen-bond acceptors (Lipinski definition) is 6. The minimum atomic E-state index is -4.39. The summed E-state index contributed by atoms with van der Waals surface area (Å²) in [6.45, 7) is 7.11. The summed E-state index contributed by atoms with van der Waals surface area (Å²) < 4.78 is 51.9. The van der Waals surface area contributed by atoms with E-state index in [1.165, 1.54) is 12.1 Å². The molecule has 4 rings (SSSR count). The van der Waals surface area contributed by atoms with E-state index in [0.717, 1.165) is 42.5 Å². The fourth-order valence-electron chi connectivity index (χ4n) is 5.93. The van der Waals surface area contributed by atoms with Crippen LogP contribution in [0.25, 0.3) is 0 Å². The standard InChI is InChI=1S/C38H48F3N3O5/c1-26-22-44(27(2)25-45)37(47)33-21-32(42-36(46)20-29-11-6-5-7-12-29)17-18-34(33)49-28(3)10-8-9-19-48-35(26)24-43(4)23-30-13-15-31(16-14-30)38(39,40)41/h5-7,11-18,21,26-28,35,45H,8-10,19-20,22-25H2,1-4H3,(H,42,46)/t26-,27+,28-,35+/m0/s1.